The van der Waals surface area contributed by atoms with E-state index < -0.39 is 0 Å². The molecule has 21 heavy (non-hydrogen) atoms. The number of methoxy groups -OCH3 is 1. The molecule has 0 bridgehead atoms. The molecule has 1 aromatic heterocycles. The van der Waals surface area contributed by atoms with E-state index in [-0.39, 0.29) is 0 Å². The molecule has 1 fully saturated rings. The minimum Gasteiger partial charge on any atom is -0.495 e. The van der Waals surface area contributed by atoms with E-state index in [9.17, 15) is 0 Å². The van der Waals surface area contributed by atoms with Gasteiger partial charge >= 0.3 is 0 Å². The van der Waals surface area contributed by atoms with Crippen LogP contribution < -0.4 is 9.64 Å². The summed E-state index contributed by atoms with van der Waals surface area (Å²) >= 11 is 5.35. The zero-order valence-electron chi connectivity index (χ0n) is 12.1. The fourth-order valence-corrected chi connectivity index (χ4v) is 4.19. The Balaban J connectivity index is 1.60. The molecule has 0 atom stereocenters. The third-order valence-corrected chi connectivity index (χ3v) is 5.48. The van der Waals surface area contributed by atoms with Crippen molar-refractivity contribution in [1.29, 1.82) is 0 Å². The lowest BCUT2D eigenvalue weighted by atomic mass is 10.2. The van der Waals surface area contributed by atoms with Gasteiger partial charge in [-0.25, -0.2) is 0 Å². The largest absolute Gasteiger partial charge is 0.495 e. The molecule has 0 aliphatic carbocycles. The van der Waals surface area contributed by atoms with Crippen molar-refractivity contribution in [3.05, 3.63) is 45.1 Å². The fourth-order valence-electron chi connectivity index (χ4n) is 2.70. The summed E-state index contributed by atoms with van der Waals surface area (Å²) in [5.41, 5.74) is 1.21. The molecule has 1 aliphatic heterocycles. The minimum atomic E-state index is 0.966. The second kappa shape index (κ2) is 6.81. The van der Waals surface area contributed by atoms with Crippen LogP contribution >= 0.6 is 27.3 Å². The van der Waals surface area contributed by atoms with Gasteiger partial charge in [0.15, 0.2) is 0 Å². The van der Waals surface area contributed by atoms with Crippen LogP contribution in [0.25, 0.3) is 0 Å². The SMILES string of the molecule is COc1ccccc1N1CCN(Cc2cc(Br)cs2)CC1. The highest BCUT2D eigenvalue weighted by Crippen LogP contribution is 2.29. The predicted molar refractivity (Wildman–Crippen MR) is 92.5 cm³/mol. The molecule has 2 aromatic rings. The maximum atomic E-state index is 5.46. The van der Waals surface area contributed by atoms with Crippen LogP contribution in [0.3, 0.4) is 0 Å². The van der Waals surface area contributed by atoms with Crippen LogP contribution in [0.15, 0.2) is 40.2 Å². The third kappa shape index (κ3) is 3.59. The molecular formula is C16H19BrN2OS. The number of nitrogens with zero attached hydrogens (tertiary/aromatic N) is 2. The van der Waals surface area contributed by atoms with Crippen molar-refractivity contribution in [1.82, 2.24) is 4.90 Å². The first-order chi connectivity index (χ1) is 10.3. The number of hydrogen-bond donors (Lipinski definition) is 0. The Kier molecular flexibility index (Phi) is 4.83. The van der Waals surface area contributed by atoms with Crippen LogP contribution in [0.1, 0.15) is 4.88 Å². The molecular weight excluding hydrogens is 348 g/mol. The first-order valence-corrected chi connectivity index (χ1v) is 8.77. The highest BCUT2D eigenvalue weighted by molar-refractivity contribution is 9.10. The maximum absolute atomic E-state index is 5.46. The molecule has 3 rings (SSSR count). The summed E-state index contributed by atoms with van der Waals surface area (Å²) < 4.78 is 6.65. The van der Waals surface area contributed by atoms with E-state index in [1.165, 1.54) is 15.0 Å². The van der Waals surface area contributed by atoms with Crippen LogP contribution in [-0.4, -0.2) is 38.2 Å². The smallest absolute Gasteiger partial charge is 0.142 e. The summed E-state index contributed by atoms with van der Waals surface area (Å²) in [6.45, 7) is 5.33. The molecule has 1 aliphatic rings. The maximum Gasteiger partial charge on any atom is 0.142 e. The second-order valence-electron chi connectivity index (χ2n) is 5.17. The molecule has 5 heteroatoms. The van der Waals surface area contributed by atoms with E-state index in [1.54, 1.807) is 7.11 Å². The number of benzene rings is 1. The molecule has 0 amide bonds. The van der Waals surface area contributed by atoms with Crippen molar-refractivity contribution >= 4 is 33.0 Å². The van der Waals surface area contributed by atoms with Gasteiger partial charge in [0.1, 0.15) is 5.75 Å². The van der Waals surface area contributed by atoms with Gasteiger partial charge in [0.25, 0.3) is 0 Å². The van der Waals surface area contributed by atoms with Gasteiger partial charge < -0.3 is 9.64 Å². The summed E-state index contributed by atoms with van der Waals surface area (Å²) in [5.74, 6) is 0.966. The van der Waals surface area contributed by atoms with Gasteiger partial charge in [-0.05, 0) is 34.1 Å². The molecule has 0 spiro atoms. The highest BCUT2D eigenvalue weighted by atomic mass is 79.9. The van der Waals surface area contributed by atoms with E-state index in [2.05, 4.69) is 49.3 Å². The molecule has 1 aromatic carbocycles. The van der Waals surface area contributed by atoms with Crippen molar-refractivity contribution in [2.24, 2.45) is 0 Å². The number of ether oxygens (including phenoxy) is 1. The van der Waals surface area contributed by atoms with Crippen LogP contribution in [0.5, 0.6) is 5.75 Å². The van der Waals surface area contributed by atoms with E-state index in [1.807, 2.05) is 23.5 Å². The van der Waals surface area contributed by atoms with Crippen LogP contribution in [-0.2, 0) is 6.54 Å². The summed E-state index contributed by atoms with van der Waals surface area (Å²) in [6.07, 6.45) is 0. The number of thiophene rings is 1. The van der Waals surface area contributed by atoms with Gasteiger partial charge in [0, 0.05) is 47.5 Å². The minimum absolute atomic E-state index is 0.966. The van der Waals surface area contributed by atoms with Crippen molar-refractivity contribution in [2.45, 2.75) is 6.54 Å². The van der Waals surface area contributed by atoms with Gasteiger partial charge in [-0.1, -0.05) is 12.1 Å². The summed E-state index contributed by atoms with van der Waals surface area (Å²) in [6, 6.07) is 10.5. The van der Waals surface area contributed by atoms with Crippen LogP contribution in [0, 0.1) is 0 Å². The van der Waals surface area contributed by atoms with Gasteiger partial charge in [0.2, 0.25) is 0 Å². The monoisotopic (exact) mass is 366 g/mol. The lowest BCUT2D eigenvalue weighted by Crippen LogP contribution is -2.45. The number of halogens is 1. The second-order valence-corrected chi connectivity index (χ2v) is 7.08. The molecule has 1 saturated heterocycles. The molecule has 0 saturated carbocycles. The molecule has 0 unspecified atom stereocenters. The van der Waals surface area contributed by atoms with Gasteiger partial charge in [-0.3, -0.25) is 4.90 Å². The standard InChI is InChI=1S/C16H19BrN2OS/c1-20-16-5-3-2-4-15(16)19-8-6-18(7-9-19)11-14-10-13(17)12-21-14/h2-5,10,12H,6-9,11H2,1H3. The van der Waals surface area contributed by atoms with Crippen molar-refractivity contribution in [3.8, 4) is 5.75 Å². The van der Waals surface area contributed by atoms with E-state index in [0.717, 1.165) is 38.5 Å². The Morgan fingerprint density at radius 3 is 2.62 bits per heavy atom. The zero-order chi connectivity index (χ0) is 14.7. The Morgan fingerprint density at radius 2 is 1.95 bits per heavy atom. The Bertz CT molecular complexity index is 593. The number of hydrogen-bond acceptors (Lipinski definition) is 4. The Labute approximate surface area is 138 Å². The van der Waals surface area contributed by atoms with E-state index in [4.69, 9.17) is 4.74 Å². The fraction of sp³-hybridized carbons (Fsp3) is 0.375. The van der Waals surface area contributed by atoms with Gasteiger partial charge in [-0.15, -0.1) is 11.3 Å². The van der Waals surface area contributed by atoms with Gasteiger partial charge in [0.05, 0.1) is 12.8 Å². The first-order valence-electron chi connectivity index (χ1n) is 7.09. The van der Waals surface area contributed by atoms with Crippen LogP contribution in [0.4, 0.5) is 5.69 Å². The average Bonchev–Trinajstić information content (AvgIpc) is 2.93. The van der Waals surface area contributed by atoms with Crippen molar-refractivity contribution in [2.75, 3.05) is 38.2 Å². The topological polar surface area (TPSA) is 15.7 Å². The third-order valence-electron chi connectivity index (χ3n) is 3.80. The lowest BCUT2D eigenvalue weighted by molar-refractivity contribution is 0.251. The van der Waals surface area contributed by atoms with E-state index in [0.29, 0.717) is 0 Å². The zero-order valence-corrected chi connectivity index (χ0v) is 14.5. The Morgan fingerprint density at radius 1 is 1.19 bits per heavy atom. The number of rotatable bonds is 4. The van der Waals surface area contributed by atoms with E-state index >= 15 is 0 Å². The first kappa shape index (κ1) is 14.9. The van der Waals surface area contributed by atoms with Crippen LogP contribution in [0.2, 0.25) is 0 Å². The number of piperazine rings is 1. The summed E-state index contributed by atoms with van der Waals surface area (Å²) in [7, 11) is 1.74. The molecule has 2 heterocycles. The van der Waals surface area contributed by atoms with Crippen molar-refractivity contribution in [3.63, 3.8) is 0 Å². The average molecular weight is 367 g/mol. The quantitative estimate of drug-likeness (QED) is 0.817. The number of anilines is 1. The van der Waals surface area contributed by atoms with Gasteiger partial charge in [-0.2, -0.15) is 0 Å². The lowest BCUT2D eigenvalue weighted by Gasteiger charge is -2.36. The predicted octanol–water partition coefficient (Wildman–Crippen LogP) is 3.84. The molecule has 3 nitrogen and oxygen atoms in total. The van der Waals surface area contributed by atoms with Crippen molar-refractivity contribution < 1.29 is 4.74 Å². The normalized spacial score (nSPS) is 16.2. The summed E-state index contributed by atoms with van der Waals surface area (Å²) in [4.78, 5) is 6.36. The number of para-hydroxylation sites is 2. The molecule has 0 radical (unpaired) electrons. The molecule has 112 valence electrons. The Hall–Kier alpha value is -1.04. The highest BCUT2D eigenvalue weighted by Gasteiger charge is 2.19. The molecule has 0 N–H and O–H groups in total. The summed E-state index contributed by atoms with van der Waals surface area (Å²) in [5, 5.41) is 2.15.